The lowest BCUT2D eigenvalue weighted by Gasteiger charge is -2.26. The molecule has 0 atom stereocenters. The zero-order valence-electron chi connectivity index (χ0n) is 18.0. The Balaban J connectivity index is 1.72. The summed E-state index contributed by atoms with van der Waals surface area (Å²) < 4.78 is 26.7. The molecule has 0 spiro atoms. The SMILES string of the molecule is CCN(Cc1ccc(N(C)C)cc1)C(=O)c1ccc(S(=O)(=O)N2CCNC(=O)C2)cc1. The summed E-state index contributed by atoms with van der Waals surface area (Å²) in [5, 5.41) is 2.61. The van der Waals surface area contributed by atoms with Gasteiger partial charge in [-0.1, -0.05) is 12.1 Å². The molecule has 1 aliphatic heterocycles. The van der Waals surface area contributed by atoms with Gasteiger partial charge in [-0.05, 0) is 48.9 Å². The van der Waals surface area contributed by atoms with E-state index in [1.165, 1.54) is 24.3 Å². The molecule has 2 aromatic rings. The molecule has 0 saturated carbocycles. The van der Waals surface area contributed by atoms with Crippen LogP contribution in [-0.4, -0.2) is 69.7 Å². The van der Waals surface area contributed by atoms with E-state index < -0.39 is 10.0 Å². The summed E-state index contributed by atoms with van der Waals surface area (Å²) in [6.45, 7) is 3.22. The van der Waals surface area contributed by atoms with Gasteiger partial charge in [0.05, 0.1) is 11.4 Å². The van der Waals surface area contributed by atoms with E-state index >= 15 is 0 Å². The van der Waals surface area contributed by atoms with Gasteiger partial charge in [-0.15, -0.1) is 0 Å². The lowest BCUT2D eigenvalue weighted by atomic mass is 10.1. The van der Waals surface area contributed by atoms with E-state index in [1.807, 2.05) is 50.2 Å². The smallest absolute Gasteiger partial charge is 0.254 e. The number of hydrogen-bond donors (Lipinski definition) is 1. The predicted molar refractivity (Wildman–Crippen MR) is 119 cm³/mol. The molecule has 8 nitrogen and oxygen atoms in total. The van der Waals surface area contributed by atoms with Crippen LogP contribution in [0.3, 0.4) is 0 Å². The molecule has 2 aromatic carbocycles. The quantitative estimate of drug-likeness (QED) is 0.700. The Morgan fingerprint density at radius 2 is 1.71 bits per heavy atom. The van der Waals surface area contributed by atoms with E-state index in [-0.39, 0.29) is 36.3 Å². The molecule has 0 radical (unpaired) electrons. The van der Waals surface area contributed by atoms with Crippen LogP contribution in [0.1, 0.15) is 22.8 Å². The van der Waals surface area contributed by atoms with Crippen molar-refractivity contribution >= 4 is 27.5 Å². The van der Waals surface area contributed by atoms with Crippen molar-refractivity contribution in [3.05, 3.63) is 59.7 Å². The molecule has 3 rings (SSSR count). The number of nitrogens with one attached hydrogen (secondary N) is 1. The van der Waals surface area contributed by atoms with Crippen molar-refractivity contribution in [3.63, 3.8) is 0 Å². The molecule has 1 aliphatic rings. The van der Waals surface area contributed by atoms with Crippen molar-refractivity contribution in [2.45, 2.75) is 18.4 Å². The first-order valence-electron chi connectivity index (χ1n) is 10.1. The van der Waals surface area contributed by atoms with Gasteiger partial charge in [0, 0.05) is 51.5 Å². The Hall–Kier alpha value is -2.91. The molecule has 31 heavy (non-hydrogen) atoms. The zero-order chi connectivity index (χ0) is 22.6. The summed E-state index contributed by atoms with van der Waals surface area (Å²) in [4.78, 5) is 28.3. The summed E-state index contributed by atoms with van der Waals surface area (Å²) in [5.41, 5.74) is 2.52. The number of amides is 2. The van der Waals surface area contributed by atoms with Crippen molar-refractivity contribution < 1.29 is 18.0 Å². The minimum Gasteiger partial charge on any atom is -0.378 e. The van der Waals surface area contributed by atoms with Crippen LogP contribution in [0.2, 0.25) is 0 Å². The topological polar surface area (TPSA) is 90.0 Å². The molecule has 1 fully saturated rings. The molecule has 0 aromatic heterocycles. The monoisotopic (exact) mass is 444 g/mol. The van der Waals surface area contributed by atoms with Gasteiger partial charge in [-0.2, -0.15) is 4.31 Å². The van der Waals surface area contributed by atoms with Crippen molar-refractivity contribution in [3.8, 4) is 0 Å². The van der Waals surface area contributed by atoms with Crippen LogP contribution in [-0.2, 0) is 21.4 Å². The fourth-order valence-electron chi connectivity index (χ4n) is 3.37. The Labute approximate surface area is 183 Å². The van der Waals surface area contributed by atoms with Crippen molar-refractivity contribution in [1.29, 1.82) is 0 Å². The van der Waals surface area contributed by atoms with Gasteiger partial charge in [-0.3, -0.25) is 9.59 Å². The molecule has 0 bridgehead atoms. The van der Waals surface area contributed by atoms with Crippen LogP contribution in [0.4, 0.5) is 5.69 Å². The van der Waals surface area contributed by atoms with E-state index in [9.17, 15) is 18.0 Å². The summed E-state index contributed by atoms with van der Waals surface area (Å²) in [6, 6.07) is 13.9. The summed E-state index contributed by atoms with van der Waals surface area (Å²) in [6.07, 6.45) is 0. The molecule has 1 heterocycles. The number of benzene rings is 2. The minimum absolute atomic E-state index is 0.0704. The lowest BCUT2D eigenvalue weighted by Crippen LogP contribution is -2.49. The Kier molecular flexibility index (Phi) is 6.97. The van der Waals surface area contributed by atoms with E-state index in [2.05, 4.69) is 5.32 Å². The Bertz CT molecular complexity index is 1030. The maximum atomic E-state index is 13.0. The molecular weight excluding hydrogens is 416 g/mol. The van der Waals surface area contributed by atoms with Gasteiger partial charge in [0.25, 0.3) is 5.91 Å². The molecule has 0 unspecified atom stereocenters. The molecule has 9 heteroatoms. The van der Waals surface area contributed by atoms with Crippen LogP contribution >= 0.6 is 0 Å². The lowest BCUT2D eigenvalue weighted by molar-refractivity contribution is -0.122. The maximum Gasteiger partial charge on any atom is 0.254 e. The molecule has 1 N–H and O–H groups in total. The highest BCUT2D eigenvalue weighted by Crippen LogP contribution is 2.19. The standard InChI is InChI=1S/C22H28N4O4S/c1-4-25(15-17-5-9-19(10-6-17)24(2)3)22(28)18-7-11-20(12-8-18)31(29,30)26-14-13-23-21(27)16-26/h5-12H,4,13-16H2,1-3H3,(H,23,27). The summed E-state index contributed by atoms with van der Waals surface area (Å²) in [7, 11) is 0.167. The number of anilines is 1. The number of carbonyl (C=O) groups excluding carboxylic acids is 2. The molecule has 166 valence electrons. The first kappa shape index (κ1) is 22.8. The molecule has 1 saturated heterocycles. The average molecular weight is 445 g/mol. The third kappa shape index (κ3) is 5.23. The van der Waals surface area contributed by atoms with Crippen LogP contribution in [0, 0.1) is 0 Å². The Morgan fingerprint density at radius 1 is 1.06 bits per heavy atom. The van der Waals surface area contributed by atoms with Gasteiger partial charge in [0.1, 0.15) is 0 Å². The van der Waals surface area contributed by atoms with Crippen molar-refractivity contribution in [1.82, 2.24) is 14.5 Å². The molecule has 0 aliphatic carbocycles. The average Bonchev–Trinajstić information content (AvgIpc) is 2.77. The van der Waals surface area contributed by atoms with E-state index in [0.29, 0.717) is 18.7 Å². The second kappa shape index (κ2) is 9.49. The minimum atomic E-state index is -3.78. The fourth-order valence-corrected chi connectivity index (χ4v) is 4.77. The van der Waals surface area contributed by atoms with Crippen molar-refractivity contribution in [2.24, 2.45) is 0 Å². The number of rotatable bonds is 7. The third-order valence-electron chi connectivity index (χ3n) is 5.24. The first-order valence-corrected chi connectivity index (χ1v) is 11.6. The second-order valence-corrected chi connectivity index (χ2v) is 9.53. The van der Waals surface area contributed by atoms with E-state index in [0.717, 1.165) is 15.6 Å². The highest BCUT2D eigenvalue weighted by atomic mass is 32.2. The Morgan fingerprint density at radius 3 is 2.26 bits per heavy atom. The van der Waals surface area contributed by atoms with E-state index in [4.69, 9.17) is 0 Å². The van der Waals surface area contributed by atoms with Crippen LogP contribution in [0.25, 0.3) is 0 Å². The van der Waals surface area contributed by atoms with Gasteiger partial charge >= 0.3 is 0 Å². The second-order valence-electron chi connectivity index (χ2n) is 7.59. The molecular formula is C22H28N4O4S. The van der Waals surface area contributed by atoms with Crippen LogP contribution in [0.5, 0.6) is 0 Å². The van der Waals surface area contributed by atoms with Gasteiger partial charge in [0.2, 0.25) is 15.9 Å². The van der Waals surface area contributed by atoms with Crippen molar-refractivity contribution in [2.75, 3.05) is 45.2 Å². The summed E-state index contributed by atoms with van der Waals surface area (Å²) in [5.74, 6) is -0.487. The molecule has 2 amide bonds. The number of nitrogens with zero attached hydrogens (tertiary/aromatic N) is 3. The first-order chi connectivity index (χ1) is 14.7. The number of piperazine rings is 1. The summed E-state index contributed by atoms with van der Waals surface area (Å²) >= 11 is 0. The van der Waals surface area contributed by atoms with Crippen LogP contribution < -0.4 is 10.2 Å². The normalized spacial score (nSPS) is 14.7. The maximum absolute atomic E-state index is 13.0. The fraction of sp³-hybridized carbons (Fsp3) is 0.364. The van der Waals surface area contributed by atoms with E-state index in [1.54, 1.807) is 4.90 Å². The van der Waals surface area contributed by atoms with Crippen LogP contribution in [0.15, 0.2) is 53.4 Å². The highest BCUT2D eigenvalue weighted by Gasteiger charge is 2.29. The zero-order valence-corrected chi connectivity index (χ0v) is 18.9. The highest BCUT2D eigenvalue weighted by molar-refractivity contribution is 7.89. The van der Waals surface area contributed by atoms with Gasteiger partial charge in [0.15, 0.2) is 0 Å². The van der Waals surface area contributed by atoms with Gasteiger partial charge in [-0.25, -0.2) is 8.42 Å². The number of hydrogen-bond acceptors (Lipinski definition) is 5. The largest absolute Gasteiger partial charge is 0.378 e. The predicted octanol–water partition coefficient (Wildman–Crippen LogP) is 1.54. The number of sulfonamides is 1. The third-order valence-corrected chi connectivity index (χ3v) is 7.10. The van der Waals surface area contributed by atoms with Gasteiger partial charge < -0.3 is 15.1 Å². The number of carbonyl (C=O) groups is 2.